The summed E-state index contributed by atoms with van der Waals surface area (Å²) in [5, 5.41) is 13.5. The summed E-state index contributed by atoms with van der Waals surface area (Å²) >= 11 is 3.20. The smallest absolute Gasteiger partial charge is 0.288 e. The number of hydrogen-bond donors (Lipinski definition) is 1. The molecule has 0 aliphatic rings. The molecule has 0 radical (unpaired) electrons. The number of benzene rings is 1. The van der Waals surface area contributed by atoms with Gasteiger partial charge in [-0.3, -0.25) is 10.1 Å². The number of pyridine rings is 1. The van der Waals surface area contributed by atoms with Gasteiger partial charge in [0.2, 0.25) is 0 Å². The molecule has 0 saturated heterocycles. The average Bonchev–Trinajstić information content (AvgIpc) is 2.37. The van der Waals surface area contributed by atoms with E-state index in [1.807, 2.05) is 0 Å². The van der Waals surface area contributed by atoms with E-state index in [0.717, 1.165) is 5.56 Å². The number of nitrogens with zero attached hydrogens (tertiary/aromatic N) is 2. The fraction of sp³-hybridized carbons (Fsp3) is 0.0833. The first-order chi connectivity index (χ1) is 9.06. The molecule has 0 aliphatic carbocycles. The second-order valence-corrected chi connectivity index (χ2v) is 4.62. The van der Waals surface area contributed by atoms with Gasteiger partial charge in [-0.1, -0.05) is 12.1 Å². The molecule has 0 unspecified atom stereocenters. The predicted octanol–water partition coefficient (Wildman–Crippen LogP) is 3.50. The van der Waals surface area contributed by atoms with Gasteiger partial charge in [-0.25, -0.2) is 9.37 Å². The molecule has 0 bridgehead atoms. The third-order valence-electron chi connectivity index (χ3n) is 2.39. The van der Waals surface area contributed by atoms with Gasteiger partial charge in [0.1, 0.15) is 17.8 Å². The van der Waals surface area contributed by atoms with Crippen molar-refractivity contribution in [3.05, 3.63) is 62.5 Å². The second-order valence-electron chi connectivity index (χ2n) is 3.76. The van der Waals surface area contributed by atoms with E-state index < -0.39 is 4.92 Å². The van der Waals surface area contributed by atoms with Crippen molar-refractivity contribution in [1.29, 1.82) is 0 Å². The molecule has 1 aromatic heterocycles. The van der Waals surface area contributed by atoms with Crippen molar-refractivity contribution in [2.24, 2.45) is 0 Å². The Morgan fingerprint density at radius 2 is 2.21 bits per heavy atom. The highest BCUT2D eigenvalue weighted by atomic mass is 79.9. The molecule has 0 spiro atoms. The van der Waals surface area contributed by atoms with Crippen LogP contribution in [-0.2, 0) is 6.54 Å². The molecule has 7 heteroatoms. The number of halogens is 2. The van der Waals surface area contributed by atoms with E-state index in [4.69, 9.17) is 0 Å². The van der Waals surface area contributed by atoms with Crippen molar-refractivity contribution in [3.8, 4) is 0 Å². The van der Waals surface area contributed by atoms with Gasteiger partial charge in [0.05, 0.1) is 9.40 Å². The summed E-state index contributed by atoms with van der Waals surface area (Å²) in [6, 6.07) is 7.52. The molecule has 0 amide bonds. The van der Waals surface area contributed by atoms with Gasteiger partial charge >= 0.3 is 0 Å². The molecule has 1 aromatic carbocycles. The summed E-state index contributed by atoms with van der Waals surface area (Å²) in [6.07, 6.45) is 1.17. The highest BCUT2D eigenvalue weighted by Crippen LogP contribution is 2.24. The molecule has 19 heavy (non-hydrogen) atoms. The van der Waals surface area contributed by atoms with Gasteiger partial charge in [-0.2, -0.15) is 0 Å². The van der Waals surface area contributed by atoms with Crippen molar-refractivity contribution in [3.63, 3.8) is 0 Å². The van der Waals surface area contributed by atoms with Crippen LogP contribution in [0.5, 0.6) is 0 Å². The first-order valence-electron chi connectivity index (χ1n) is 5.34. The summed E-state index contributed by atoms with van der Waals surface area (Å²) < 4.78 is 13.5. The number of anilines is 1. The van der Waals surface area contributed by atoms with Crippen LogP contribution in [0, 0.1) is 15.9 Å². The molecule has 0 aliphatic heterocycles. The Morgan fingerprint density at radius 3 is 2.84 bits per heavy atom. The molecule has 1 heterocycles. The van der Waals surface area contributed by atoms with Crippen LogP contribution in [0.4, 0.5) is 15.9 Å². The van der Waals surface area contributed by atoms with Crippen molar-refractivity contribution >= 4 is 27.4 Å². The Kier molecular flexibility index (Phi) is 4.06. The minimum Gasteiger partial charge on any atom is -0.365 e. The zero-order valence-electron chi connectivity index (χ0n) is 9.64. The molecule has 1 N–H and O–H groups in total. The number of nitrogens with one attached hydrogen (secondary N) is 1. The monoisotopic (exact) mass is 325 g/mol. The number of rotatable bonds is 4. The van der Waals surface area contributed by atoms with Gasteiger partial charge in [0.25, 0.3) is 5.69 Å². The van der Waals surface area contributed by atoms with Gasteiger partial charge in [0, 0.05) is 12.6 Å². The molecule has 2 aromatic rings. The Bertz CT molecular complexity index is 622. The first-order valence-corrected chi connectivity index (χ1v) is 6.14. The quantitative estimate of drug-likeness (QED) is 0.690. The lowest BCUT2D eigenvalue weighted by atomic mass is 10.2. The largest absolute Gasteiger partial charge is 0.365 e. The molecule has 2 rings (SSSR count). The van der Waals surface area contributed by atoms with E-state index in [2.05, 4.69) is 26.2 Å². The van der Waals surface area contributed by atoms with Gasteiger partial charge in [0.15, 0.2) is 0 Å². The third kappa shape index (κ3) is 3.47. The van der Waals surface area contributed by atoms with Crippen molar-refractivity contribution in [2.45, 2.75) is 6.54 Å². The average molecular weight is 326 g/mol. The number of hydrogen-bond acceptors (Lipinski definition) is 4. The van der Waals surface area contributed by atoms with Gasteiger partial charge in [-0.15, -0.1) is 0 Å². The highest BCUT2D eigenvalue weighted by molar-refractivity contribution is 9.10. The lowest BCUT2D eigenvalue weighted by Gasteiger charge is -2.07. The molecule has 0 fully saturated rings. The standard InChI is InChI=1S/C12H9BrFN3O2/c13-11-5-10(17(18)19)7-16-12(11)15-6-8-2-1-3-9(14)4-8/h1-5,7H,6H2,(H,15,16). The summed E-state index contributed by atoms with van der Waals surface area (Å²) in [5.41, 5.74) is 0.662. The Morgan fingerprint density at radius 1 is 1.42 bits per heavy atom. The molecule has 0 saturated carbocycles. The SMILES string of the molecule is O=[N+]([O-])c1cnc(NCc2cccc(F)c2)c(Br)c1. The Labute approximate surface area is 116 Å². The van der Waals surface area contributed by atoms with Crippen molar-refractivity contribution in [2.75, 3.05) is 5.32 Å². The summed E-state index contributed by atoms with van der Waals surface area (Å²) in [6.45, 7) is 0.376. The summed E-state index contributed by atoms with van der Waals surface area (Å²) in [4.78, 5) is 14.0. The minimum absolute atomic E-state index is 0.0943. The molecular weight excluding hydrogens is 317 g/mol. The molecule has 0 atom stereocenters. The van der Waals surface area contributed by atoms with Crippen molar-refractivity contribution in [1.82, 2.24) is 4.98 Å². The maximum Gasteiger partial charge on any atom is 0.288 e. The van der Waals surface area contributed by atoms with E-state index in [-0.39, 0.29) is 11.5 Å². The zero-order valence-corrected chi connectivity index (χ0v) is 11.2. The van der Waals surface area contributed by atoms with E-state index in [1.165, 1.54) is 24.4 Å². The first kappa shape index (κ1) is 13.4. The van der Waals surface area contributed by atoms with Gasteiger partial charge < -0.3 is 5.32 Å². The molecular formula is C12H9BrFN3O2. The van der Waals surface area contributed by atoms with Crippen LogP contribution in [0.15, 0.2) is 41.0 Å². The number of aromatic nitrogens is 1. The van der Waals surface area contributed by atoms with Crippen LogP contribution < -0.4 is 5.32 Å². The van der Waals surface area contributed by atoms with E-state index in [1.54, 1.807) is 12.1 Å². The maximum atomic E-state index is 13.0. The highest BCUT2D eigenvalue weighted by Gasteiger charge is 2.10. The maximum absolute atomic E-state index is 13.0. The summed E-state index contributed by atoms with van der Waals surface area (Å²) in [5.74, 6) is 0.157. The Balaban J connectivity index is 2.10. The third-order valence-corrected chi connectivity index (χ3v) is 2.99. The second kappa shape index (κ2) is 5.75. The fourth-order valence-electron chi connectivity index (χ4n) is 1.49. The molecule has 98 valence electrons. The van der Waals surface area contributed by atoms with Crippen LogP contribution in [0.3, 0.4) is 0 Å². The van der Waals surface area contributed by atoms with Gasteiger partial charge in [-0.05, 0) is 33.6 Å². The van der Waals surface area contributed by atoms with E-state index in [0.29, 0.717) is 16.8 Å². The van der Waals surface area contributed by atoms with Crippen LogP contribution in [-0.4, -0.2) is 9.91 Å². The lowest BCUT2D eigenvalue weighted by molar-refractivity contribution is -0.385. The normalized spacial score (nSPS) is 10.2. The predicted molar refractivity (Wildman–Crippen MR) is 72.3 cm³/mol. The van der Waals surface area contributed by atoms with Crippen LogP contribution in [0.2, 0.25) is 0 Å². The van der Waals surface area contributed by atoms with E-state index >= 15 is 0 Å². The zero-order chi connectivity index (χ0) is 13.8. The van der Waals surface area contributed by atoms with Crippen LogP contribution >= 0.6 is 15.9 Å². The fourth-order valence-corrected chi connectivity index (χ4v) is 1.97. The number of nitro groups is 1. The van der Waals surface area contributed by atoms with E-state index in [9.17, 15) is 14.5 Å². The lowest BCUT2D eigenvalue weighted by Crippen LogP contribution is -2.03. The Hall–Kier alpha value is -2.02. The van der Waals surface area contributed by atoms with Crippen LogP contribution in [0.25, 0.3) is 0 Å². The molecule has 5 nitrogen and oxygen atoms in total. The van der Waals surface area contributed by atoms with Crippen LogP contribution in [0.1, 0.15) is 5.56 Å². The minimum atomic E-state index is -0.520. The summed E-state index contributed by atoms with van der Waals surface area (Å²) in [7, 11) is 0. The topological polar surface area (TPSA) is 68.1 Å². The van der Waals surface area contributed by atoms with Crippen molar-refractivity contribution < 1.29 is 9.31 Å².